The van der Waals surface area contributed by atoms with E-state index in [1.807, 2.05) is 36.4 Å². The van der Waals surface area contributed by atoms with Crippen LogP contribution in [0.25, 0.3) is 16.7 Å². The van der Waals surface area contributed by atoms with E-state index in [4.69, 9.17) is 15.7 Å². The largest absolute Gasteiger partial charge is 0.497 e. The van der Waals surface area contributed by atoms with Gasteiger partial charge in [-0.15, -0.1) is 0 Å². The van der Waals surface area contributed by atoms with Gasteiger partial charge in [-0.05, 0) is 24.3 Å². The average molecular weight is 264 g/mol. The van der Waals surface area contributed by atoms with Gasteiger partial charge in [-0.1, -0.05) is 12.1 Å². The molecule has 0 bridgehead atoms. The van der Waals surface area contributed by atoms with Crippen LogP contribution in [0.5, 0.6) is 5.75 Å². The molecule has 5 heteroatoms. The van der Waals surface area contributed by atoms with Gasteiger partial charge in [-0.2, -0.15) is 5.26 Å². The summed E-state index contributed by atoms with van der Waals surface area (Å²) >= 11 is 0. The summed E-state index contributed by atoms with van der Waals surface area (Å²) in [7, 11) is 1.61. The highest BCUT2D eigenvalue weighted by Gasteiger charge is 2.13. The standard InChI is InChI=1S/C15H12N4O/c1-20-12-6-3-5-11(8-12)19-13-7-2-4-10(9-16)14(13)18-15(19)17/h2-8H,1H3,(H2,17,18). The number of imidazole rings is 1. The number of para-hydroxylation sites is 1. The van der Waals surface area contributed by atoms with E-state index < -0.39 is 0 Å². The molecule has 1 aromatic heterocycles. The Morgan fingerprint density at radius 3 is 2.80 bits per heavy atom. The van der Waals surface area contributed by atoms with Crippen LogP contribution in [0.2, 0.25) is 0 Å². The van der Waals surface area contributed by atoms with Gasteiger partial charge in [0.05, 0.1) is 23.9 Å². The fourth-order valence-electron chi connectivity index (χ4n) is 2.23. The molecule has 0 spiro atoms. The maximum Gasteiger partial charge on any atom is 0.205 e. The number of nitrogens with two attached hydrogens (primary N) is 1. The zero-order chi connectivity index (χ0) is 14.1. The van der Waals surface area contributed by atoms with E-state index in [9.17, 15) is 0 Å². The molecular formula is C15H12N4O. The van der Waals surface area contributed by atoms with Gasteiger partial charge in [0.2, 0.25) is 5.95 Å². The summed E-state index contributed by atoms with van der Waals surface area (Å²) in [6.45, 7) is 0. The van der Waals surface area contributed by atoms with Crippen molar-refractivity contribution in [2.45, 2.75) is 0 Å². The molecule has 3 aromatic rings. The highest BCUT2D eigenvalue weighted by Crippen LogP contribution is 2.26. The first-order valence-corrected chi connectivity index (χ1v) is 6.06. The van der Waals surface area contributed by atoms with Gasteiger partial charge in [-0.25, -0.2) is 4.98 Å². The molecule has 98 valence electrons. The molecule has 0 atom stereocenters. The minimum Gasteiger partial charge on any atom is -0.497 e. The van der Waals surface area contributed by atoms with E-state index in [0.717, 1.165) is 17.0 Å². The quantitative estimate of drug-likeness (QED) is 0.771. The lowest BCUT2D eigenvalue weighted by Crippen LogP contribution is -2.00. The number of nitrogen functional groups attached to an aromatic ring is 1. The molecule has 0 amide bonds. The van der Waals surface area contributed by atoms with Gasteiger partial charge >= 0.3 is 0 Å². The van der Waals surface area contributed by atoms with Crippen LogP contribution in [0.4, 0.5) is 5.95 Å². The van der Waals surface area contributed by atoms with Crippen molar-refractivity contribution >= 4 is 17.0 Å². The second-order valence-corrected chi connectivity index (χ2v) is 4.29. The summed E-state index contributed by atoms with van der Waals surface area (Å²) in [4.78, 5) is 4.29. The van der Waals surface area contributed by atoms with Gasteiger partial charge in [0.25, 0.3) is 0 Å². The summed E-state index contributed by atoms with van der Waals surface area (Å²) in [6.07, 6.45) is 0. The van der Waals surface area contributed by atoms with Crippen LogP contribution < -0.4 is 10.5 Å². The van der Waals surface area contributed by atoms with Gasteiger partial charge in [-0.3, -0.25) is 4.57 Å². The molecule has 0 aliphatic rings. The lowest BCUT2D eigenvalue weighted by atomic mass is 10.2. The zero-order valence-electron chi connectivity index (χ0n) is 10.9. The Kier molecular flexibility index (Phi) is 2.77. The number of anilines is 1. The number of methoxy groups -OCH3 is 1. The molecule has 3 rings (SSSR count). The number of nitriles is 1. The maximum absolute atomic E-state index is 9.13. The third-order valence-electron chi connectivity index (χ3n) is 3.14. The molecule has 1 heterocycles. The van der Waals surface area contributed by atoms with Crippen molar-refractivity contribution in [1.82, 2.24) is 9.55 Å². The summed E-state index contributed by atoms with van der Waals surface area (Å²) in [5, 5.41) is 9.13. The fraction of sp³-hybridized carbons (Fsp3) is 0.0667. The summed E-state index contributed by atoms with van der Waals surface area (Å²) in [5.74, 6) is 1.08. The zero-order valence-corrected chi connectivity index (χ0v) is 10.9. The Hall–Kier alpha value is -3.00. The van der Waals surface area contributed by atoms with Crippen molar-refractivity contribution in [2.75, 3.05) is 12.8 Å². The van der Waals surface area contributed by atoms with Crippen LogP contribution in [-0.4, -0.2) is 16.7 Å². The first kappa shape index (κ1) is 12.1. The number of aromatic nitrogens is 2. The molecule has 0 radical (unpaired) electrons. The number of benzene rings is 2. The molecule has 0 aliphatic heterocycles. The third kappa shape index (κ3) is 1.75. The van der Waals surface area contributed by atoms with E-state index in [1.54, 1.807) is 17.7 Å². The minimum atomic E-state index is 0.343. The Labute approximate surface area is 115 Å². The summed E-state index contributed by atoms with van der Waals surface area (Å²) in [6, 6.07) is 15.1. The third-order valence-corrected chi connectivity index (χ3v) is 3.14. The molecular weight excluding hydrogens is 252 g/mol. The molecule has 0 saturated carbocycles. The SMILES string of the molecule is COc1cccc(-n2c(N)nc3c(C#N)cccc32)c1. The number of nitrogens with zero attached hydrogens (tertiary/aromatic N) is 3. The average Bonchev–Trinajstić information content (AvgIpc) is 2.83. The predicted octanol–water partition coefficient (Wildman–Crippen LogP) is 2.49. The van der Waals surface area contributed by atoms with Crippen LogP contribution in [0, 0.1) is 11.3 Å². The lowest BCUT2D eigenvalue weighted by molar-refractivity contribution is 0.414. The Morgan fingerprint density at radius 2 is 2.05 bits per heavy atom. The van der Waals surface area contributed by atoms with Crippen LogP contribution in [0.3, 0.4) is 0 Å². The van der Waals surface area contributed by atoms with Gasteiger partial charge in [0, 0.05) is 6.07 Å². The van der Waals surface area contributed by atoms with E-state index >= 15 is 0 Å². The normalized spacial score (nSPS) is 10.4. The van der Waals surface area contributed by atoms with Crippen molar-refractivity contribution in [3.63, 3.8) is 0 Å². The second-order valence-electron chi connectivity index (χ2n) is 4.29. The summed E-state index contributed by atoms with van der Waals surface area (Å²) < 4.78 is 7.03. The molecule has 0 aliphatic carbocycles. The van der Waals surface area contributed by atoms with Crippen molar-refractivity contribution in [1.29, 1.82) is 5.26 Å². The van der Waals surface area contributed by atoms with Crippen molar-refractivity contribution in [3.8, 4) is 17.5 Å². The van der Waals surface area contributed by atoms with Crippen LogP contribution in [0.1, 0.15) is 5.56 Å². The molecule has 5 nitrogen and oxygen atoms in total. The van der Waals surface area contributed by atoms with E-state index in [2.05, 4.69) is 11.1 Å². The van der Waals surface area contributed by atoms with E-state index in [1.165, 1.54) is 0 Å². The highest BCUT2D eigenvalue weighted by atomic mass is 16.5. The monoisotopic (exact) mass is 264 g/mol. The Bertz CT molecular complexity index is 829. The fourth-order valence-corrected chi connectivity index (χ4v) is 2.23. The molecule has 2 N–H and O–H groups in total. The number of fused-ring (bicyclic) bond motifs is 1. The number of ether oxygens (including phenoxy) is 1. The number of hydrogen-bond donors (Lipinski definition) is 1. The lowest BCUT2D eigenvalue weighted by Gasteiger charge is -2.08. The minimum absolute atomic E-state index is 0.343. The maximum atomic E-state index is 9.13. The van der Waals surface area contributed by atoms with E-state index in [0.29, 0.717) is 17.0 Å². The van der Waals surface area contributed by atoms with E-state index in [-0.39, 0.29) is 0 Å². The number of rotatable bonds is 2. The summed E-state index contributed by atoms with van der Waals surface area (Å²) in [5.41, 5.74) is 8.77. The molecule has 0 unspecified atom stereocenters. The van der Waals surface area contributed by atoms with Crippen molar-refractivity contribution in [3.05, 3.63) is 48.0 Å². The highest BCUT2D eigenvalue weighted by molar-refractivity contribution is 5.85. The van der Waals surface area contributed by atoms with Gasteiger partial charge < -0.3 is 10.5 Å². The molecule has 0 saturated heterocycles. The van der Waals surface area contributed by atoms with Crippen LogP contribution >= 0.6 is 0 Å². The first-order valence-electron chi connectivity index (χ1n) is 6.06. The van der Waals surface area contributed by atoms with Crippen molar-refractivity contribution < 1.29 is 4.74 Å². The van der Waals surface area contributed by atoms with Gasteiger partial charge in [0.1, 0.15) is 17.3 Å². The number of hydrogen-bond acceptors (Lipinski definition) is 4. The smallest absolute Gasteiger partial charge is 0.205 e. The van der Waals surface area contributed by atoms with Crippen LogP contribution in [0.15, 0.2) is 42.5 Å². The Balaban J connectivity index is 2.31. The van der Waals surface area contributed by atoms with Crippen LogP contribution in [-0.2, 0) is 0 Å². The molecule has 2 aromatic carbocycles. The second kappa shape index (κ2) is 4.59. The van der Waals surface area contributed by atoms with Gasteiger partial charge in [0.15, 0.2) is 0 Å². The molecule has 0 fully saturated rings. The topological polar surface area (TPSA) is 76.9 Å². The Morgan fingerprint density at radius 1 is 1.25 bits per heavy atom. The predicted molar refractivity (Wildman–Crippen MR) is 76.7 cm³/mol. The van der Waals surface area contributed by atoms with Crippen molar-refractivity contribution in [2.24, 2.45) is 0 Å². The first-order chi connectivity index (χ1) is 9.74. The molecule has 20 heavy (non-hydrogen) atoms.